The van der Waals surface area contributed by atoms with Crippen LogP contribution in [0.4, 0.5) is 5.69 Å². The van der Waals surface area contributed by atoms with Crippen molar-refractivity contribution >= 4 is 5.69 Å². The zero-order valence-electron chi connectivity index (χ0n) is 12.3. The Labute approximate surface area is 122 Å². The van der Waals surface area contributed by atoms with Crippen LogP contribution < -0.4 is 10.1 Å². The van der Waals surface area contributed by atoms with Crippen molar-refractivity contribution in [1.29, 1.82) is 0 Å². The van der Waals surface area contributed by atoms with Crippen molar-refractivity contribution in [2.24, 2.45) is 0 Å². The zero-order valence-corrected chi connectivity index (χ0v) is 12.3. The molecule has 1 unspecified atom stereocenters. The van der Waals surface area contributed by atoms with Gasteiger partial charge in [0.15, 0.2) is 5.75 Å². The summed E-state index contributed by atoms with van der Waals surface area (Å²) in [6.07, 6.45) is 0.759. The highest BCUT2D eigenvalue weighted by Crippen LogP contribution is 2.32. The SMILES string of the molecule is CNC(C)Cc1ccc(-c2ccc(OC)c([N+](=O)[O-])c2)o1. The lowest BCUT2D eigenvalue weighted by Crippen LogP contribution is -2.23. The van der Waals surface area contributed by atoms with Crippen molar-refractivity contribution in [3.05, 3.63) is 46.2 Å². The number of ether oxygens (including phenoxy) is 1. The number of hydrogen-bond donors (Lipinski definition) is 1. The summed E-state index contributed by atoms with van der Waals surface area (Å²) in [7, 11) is 3.30. The van der Waals surface area contributed by atoms with Crippen LogP contribution in [0.3, 0.4) is 0 Å². The first-order valence-corrected chi connectivity index (χ1v) is 6.64. The summed E-state index contributed by atoms with van der Waals surface area (Å²) in [5, 5.41) is 14.2. The topological polar surface area (TPSA) is 77.5 Å². The number of nitro benzene ring substituents is 1. The van der Waals surface area contributed by atoms with E-state index >= 15 is 0 Å². The molecule has 6 heteroatoms. The van der Waals surface area contributed by atoms with Crippen LogP contribution >= 0.6 is 0 Å². The Hall–Kier alpha value is -2.34. The number of methoxy groups -OCH3 is 1. The quantitative estimate of drug-likeness (QED) is 0.653. The summed E-state index contributed by atoms with van der Waals surface area (Å²) in [5.74, 6) is 1.68. The van der Waals surface area contributed by atoms with E-state index < -0.39 is 4.92 Å². The van der Waals surface area contributed by atoms with E-state index in [9.17, 15) is 10.1 Å². The van der Waals surface area contributed by atoms with E-state index in [1.807, 2.05) is 19.2 Å². The van der Waals surface area contributed by atoms with Crippen LogP contribution in [0.25, 0.3) is 11.3 Å². The van der Waals surface area contributed by atoms with E-state index in [0.717, 1.165) is 12.2 Å². The molecule has 1 aromatic carbocycles. The summed E-state index contributed by atoms with van der Waals surface area (Å²) in [6.45, 7) is 2.06. The van der Waals surface area contributed by atoms with Gasteiger partial charge in [-0.15, -0.1) is 0 Å². The third kappa shape index (κ3) is 3.41. The first-order chi connectivity index (χ1) is 10.0. The molecule has 0 fully saturated rings. The molecule has 21 heavy (non-hydrogen) atoms. The van der Waals surface area contributed by atoms with E-state index in [1.165, 1.54) is 13.2 Å². The second-order valence-electron chi connectivity index (χ2n) is 4.80. The number of nitro groups is 1. The minimum absolute atomic E-state index is 0.0726. The van der Waals surface area contributed by atoms with Gasteiger partial charge in [-0.2, -0.15) is 0 Å². The predicted molar refractivity (Wildman–Crippen MR) is 79.6 cm³/mol. The van der Waals surface area contributed by atoms with Crippen molar-refractivity contribution in [2.45, 2.75) is 19.4 Å². The number of rotatable bonds is 6. The molecular weight excluding hydrogens is 272 g/mol. The largest absolute Gasteiger partial charge is 0.490 e. The van der Waals surface area contributed by atoms with Crippen molar-refractivity contribution in [3.63, 3.8) is 0 Å². The van der Waals surface area contributed by atoms with Gasteiger partial charge in [-0.25, -0.2) is 0 Å². The Balaban J connectivity index is 2.30. The average molecular weight is 290 g/mol. The monoisotopic (exact) mass is 290 g/mol. The molecule has 0 radical (unpaired) electrons. The van der Waals surface area contributed by atoms with Gasteiger partial charge in [0.1, 0.15) is 11.5 Å². The Kier molecular flexibility index (Phi) is 4.59. The fourth-order valence-corrected chi connectivity index (χ4v) is 2.03. The smallest absolute Gasteiger partial charge is 0.311 e. The highest BCUT2D eigenvalue weighted by molar-refractivity contribution is 5.65. The zero-order chi connectivity index (χ0) is 15.4. The number of nitrogens with one attached hydrogen (secondary N) is 1. The van der Waals surface area contributed by atoms with E-state index in [2.05, 4.69) is 12.2 Å². The van der Waals surface area contributed by atoms with Gasteiger partial charge >= 0.3 is 5.69 Å². The molecule has 1 heterocycles. The van der Waals surface area contributed by atoms with Crippen molar-refractivity contribution in [2.75, 3.05) is 14.2 Å². The highest BCUT2D eigenvalue weighted by atomic mass is 16.6. The van der Waals surface area contributed by atoms with Crippen molar-refractivity contribution in [1.82, 2.24) is 5.32 Å². The lowest BCUT2D eigenvalue weighted by Gasteiger charge is -2.07. The number of benzene rings is 1. The Morgan fingerprint density at radius 3 is 2.76 bits per heavy atom. The molecule has 0 aliphatic carbocycles. The van der Waals surface area contributed by atoms with Crippen molar-refractivity contribution in [3.8, 4) is 17.1 Å². The van der Waals surface area contributed by atoms with E-state index in [4.69, 9.17) is 9.15 Å². The van der Waals surface area contributed by atoms with Gasteiger partial charge < -0.3 is 14.5 Å². The Bertz CT molecular complexity index is 636. The summed E-state index contributed by atoms with van der Waals surface area (Å²) in [4.78, 5) is 10.6. The summed E-state index contributed by atoms with van der Waals surface area (Å²) < 4.78 is 10.7. The average Bonchev–Trinajstić information content (AvgIpc) is 2.94. The summed E-state index contributed by atoms with van der Waals surface area (Å²) in [6, 6.07) is 8.79. The minimum atomic E-state index is -0.463. The lowest BCUT2D eigenvalue weighted by atomic mass is 10.1. The third-order valence-corrected chi connectivity index (χ3v) is 3.32. The van der Waals surface area contributed by atoms with Crippen LogP contribution in [-0.4, -0.2) is 25.1 Å². The third-order valence-electron chi connectivity index (χ3n) is 3.32. The standard InChI is InChI=1S/C15H18N2O4/c1-10(16-2)8-12-5-7-14(21-12)11-4-6-15(20-3)13(9-11)17(18)19/h4-7,9-10,16H,8H2,1-3H3. The molecule has 1 aromatic heterocycles. The van der Waals surface area contributed by atoms with Gasteiger partial charge in [0.25, 0.3) is 0 Å². The molecule has 0 saturated carbocycles. The molecule has 2 rings (SSSR count). The number of furan rings is 1. The van der Waals surface area contributed by atoms with Gasteiger partial charge in [-0.1, -0.05) is 0 Å². The van der Waals surface area contributed by atoms with Crippen LogP contribution in [0.15, 0.2) is 34.7 Å². The molecular formula is C15H18N2O4. The molecule has 112 valence electrons. The highest BCUT2D eigenvalue weighted by Gasteiger charge is 2.17. The van der Waals surface area contributed by atoms with E-state index in [-0.39, 0.29) is 11.4 Å². The Morgan fingerprint density at radius 1 is 1.38 bits per heavy atom. The fourth-order valence-electron chi connectivity index (χ4n) is 2.03. The first-order valence-electron chi connectivity index (χ1n) is 6.64. The number of likely N-dealkylation sites (N-methyl/N-ethyl adjacent to an activating group) is 1. The molecule has 0 aliphatic heterocycles. The maximum absolute atomic E-state index is 11.0. The van der Waals surface area contributed by atoms with Gasteiger partial charge in [-0.3, -0.25) is 10.1 Å². The van der Waals surface area contributed by atoms with Gasteiger partial charge in [-0.05, 0) is 38.2 Å². The minimum Gasteiger partial charge on any atom is -0.490 e. The second-order valence-corrected chi connectivity index (χ2v) is 4.80. The second kappa shape index (κ2) is 6.41. The molecule has 6 nitrogen and oxygen atoms in total. The van der Waals surface area contributed by atoms with E-state index in [0.29, 0.717) is 17.4 Å². The predicted octanol–water partition coefficient (Wildman–Crippen LogP) is 3.01. The van der Waals surface area contributed by atoms with Crippen LogP contribution in [-0.2, 0) is 6.42 Å². The van der Waals surface area contributed by atoms with Crippen LogP contribution in [0.5, 0.6) is 5.75 Å². The molecule has 0 saturated heterocycles. The molecule has 1 N–H and O–H groups in total. The Morgan fingerprint density at radius 2 is 2.14 bits per heavy atom. The van der Waals surface area contributed by atoms with Gasteiger partial charge in [0.2, 0.25) is 0 Å². The fraction of sp³-hybridized carbons (Fsp3) is 0.333. The summed E-state index contributed by atoms with van der Waals surface area (Å²) >= 11 is 0. The maximum atomic E-state index is 11.0. The molecule has 0 amide bonds. The van der Waals surface area contributed by atoms with Crippen LogP contribution in [0, 0.1) is 10.1 Å². The van der Waals surface area contributed by atoms with Gasteiger partial charge in [0, 0.05) is 24.1 Å². The van der Waals surface area contributed by atoms with Crippen LogP contribution in [0.2, 0.25) is 0 Å². The first kappa shape index (κ1) is 15.1. The van der Waals surface area contributed by atoms with Crippen LogP contribution in [0.1, 0.15) is 12.7 Å². The molecule has 0 aliphatic rings. The molecule has 0 spiro atoms. The van der Waals surface area contributed by atoms with Gasteiger partial charge in [0.05, 0.1) is 12.0 Å². The molecule has 1 atom stereocenters. The molecule has 0 bridgehead atoms. The number of nitrogens with zero attached hydrogens (tertiary/aromatic N) is 1. The number of hydrogen-bond acceptors (Lipinski definition) is 5. The lowest BCUT2D eigenvalue weighted by molar-refractivity contribution is -0.385. The van der Waals surface area contributed by atoms with Crippen molar-refractivity contribution < 1.29 is 14.1 Å². The molecule has 2 aromatic rings. The normalized spacial score (nSPS) is 12.1. The van der Waals surface area contributed by atoms with E-state index in [1.54, 1.807) is 12.1 Å². The summed E-state index contributed by atoms with van der Waals surface area (Å²) in [5.41, 5.74) is 0.586. The maximum Gasteiger partial charge on any atom is 0.311 e.